The SMILES string of the molecule is COc1ccc(C2(F)CCN(C(=O)OC(C)(C)C)CC2)cc1. The number of nitrogens with zero attached hydrogens (tertiary/aromatic N) is 1. The first-order valence-electron chi connectivity index (χ1n) is 7.55. The quantitative estimate of drug-likeness (QED) is 0.832. The van der Waals surface area contributed by atoms with E-state index in [1.165, 1.54) is 0 Å². The highest BCUT2D eigenvalue weighted by Gasteiger charge is 2.38. The van der Waals surface area contributed by atoms with E-state index in [1.54, 1.807) is 36.3 Å². The van der Waals surface area contributed by atoms with Gasteiger partial charge in [0.15, 0.2) is 0 Å². The Balaban J connectivity index is 1.99. The third-order valence-corrected chi connectivity index (χ3v) is 3.82. The van der Waals surface area contributed by atoms with Gasteiger partial charge in [-0.2, -0.15) is 0 Å². The normalized spacial score (nSPS) is 18.0. The summed E-state index contributed by atoms with van der Waals surface area (Å²) in [6, 6.07) is 7.03. The number of rotatable bonds is 2. The molecule has 0 aromatic heterocycles. The van der Waals surface area contributed by atoms with E-state index in [9.17, 15) is 4.79 Å². The lowest BCUT2D eigenvalue weighted by Crippen LogP contribution is -2.45. The number of likely N-dealkylation sites (tertiary alicyclic amines) is 1. The van der Waals surface area contributed by atoms with Crippen molar-refractivity contribution in [2.45, 2.75) is 44.9 Å². The molecule has 122 valence electrons. The minimum Gasteiger partial charge on any atom is -0.497 e. The molecule has 0 radical (unpaired) electrons. The fraction of sp³-hybridized carbons (Fsp3) is 0.588. The summed E-state index contributed by atoms with van der Waals surface area (Å²) >= 11 is 0. The molecule has 0 saturated carbocycles. The molecule has 4 nitrogen and oxygen atoms in total. The van der Waals surface area contributed by atoms with Crippen molar-refractivity contribution in [3.05, 3.63) is 29.8 Å². The molecule has 22 heavy (non-hydrogen) atoms. The topological polar surface area (TPSA) is 38.8 Å². The van der Waals surface area contributed by atoms with E-state index in [1.807, 2.05) is 20.8 Å². The largest absolute Gasteiger partial charge is 0.497 e. The number of carbonyl (C=O) groups is 1. The Morgan fingerprint density at radius 1 is 1.18 bits per heavy atom. The maximum absolute atomic E-state index is 15.1. The van der Waals surface area contributed by atoms with Crippen molar-refractivity contribution in [1.82, 2.24) is 4.90 Å². The summed E-state index contributed by atoms with van der Waals surface area (Å²) < 4.78 is 25.5. The third-order valence-electron chi connectivity index (χ3n) is 3.82. The van der Waals surface area contributed by atoms with Crippen molar-refractivity contribution in [3.63, 3.8) is 0 Å². The molecule has 1 aliphatic rings. The first kappa shape index (κ1) is 16.6. The Bertz CT molecular complexity index is 514. The monoisotopic (exact) mass is 309 g/mol. The third kappa shape index (κ3) is 3.90. The smallest absolute Gasteiger partial charge is 0.410 e. The molecule has 0 aliphatic carbocycles. The van der Waals surface area contributed by atoms with Crippen LogP contribution in [0.3, 0.4) is 0 Å². The van der Waals surface area contributed by atoms with Crippen molar-refractivity contribution >= 4 is 6.09 Å². The van der Waals surface area contributed by atoms with Crippen LogP contribution in [0, 0.1) is 0 Å². The first-order valence-corrected chi connectivity index (χ1v) is 7.55. The number of benzene rings is 1. The number of amides is 1. The van der Waals surface area contributed by atoms with Crippen LogP contribution in [0.1, 0.15) is 39.2 Å². The van der Waals surface area contributed by atoms with Gasteiger partial charge in [-0.25, -0.2) is 9.18 Å². The van der Waals surface area contributed by atoms with Gasteiger partial charge in [-0.05, 0) is 38.5 Å². The highest BCUT2D eigenvalue weighted by Crippen LogP contribution is 2.37. The molecular weight excluding hydrogens is 285 g/mol. The summed E-state index contributed by atoms with van der Waals surface area (Å²) in [6.07, 6.45) is 0.182. The van der Waals surface area contributed by atoms with Gasteiger partial charge in [0.25, 0.3) is 0 Å². The molecule has 1 fully saturated rings. The van der Waals surface area contributed by atoms with Crippen LogP contribution >= 0.6 is 0 Å². The number of hydrogen-bond acceptors (Lipinski definition) is 3. The van der Waals surface area contributed by atoms with Crippen molar-refractivity contribution in [1.29, 1.82) is 0 Å². The molecule has 0 unspecified atom stereocenters. The van der Waals surface area contributed by atoms with E-state index < -0.39 is 11.3 Å². The van der Waals surface area contributed by atoms with Crippen molar-refractivity contribution < 1.29 is 18.7 Å². The summed E-state index contributed by atoms with van der Waals surface area (Å²) in [5.41, 5.74) is -1.29. The molecule has 5 heteroatoms. The Kier molecular flexibility index (Phi) is 4.63. The van der Waals surface area contributed by atoms with Gasteiger partial charge < -0.3 is 14.4 Å². The zero-order valence-corrected chi connectivity index (χ0v) is 13.7. The van der Waals surface area contributed by atoms with Crippen LogP contribution in [0.5, 0.6) is 5.75 Å². The second kappa shape index (κ2) is 6.15. The fourth-order valence-corrected chi connectivity index (χ4v) is 2.55. The van der Waals surface area contributed by atoms with Crippen LogP contribution < -0.4 is 4.74 Å². The Morgan fingerprint density at radius 2 is 1.73 bits per heavy atom. The Morgan fingerprint density at radius 3 is 2.18 bits per heavy atom. The fourth-order valence-electron chi connectivity index (χ4n) is 2.55. The molecule has 0 atom stereocenters. The van der Waals surface area contributed by atoms with Gasteiger partial charge in [0.2, 0.25) is 0 Å². The van der Waals surface area contributed by atoms with Crippen molar-refractivity contribution in [2.75, 3.05) is 20.2 Å². The zero-order chi connectivity index (χ0) is 16.4. The van der Waals surface area contributed by atoms with Gasteiger partial charge in [0.1, 0.15) is 17.0 Å². The van der Waals surface area contributed by atoms with Gasteiger partial charge >= 0.3 is 6.09 Å². The number of hydrogen-bond donors (Lipinski definition) is 0. The number of ether oxygens (including phenoxy) is 2. The van der Waals surface area contributed by atoms with Crippen LogP contribution in [-0.4, -0.2) is 36.8 Å². The maximum Gasteiger partial charge on any atom is 0.410 e. The molecule has 0 spiro atoms. The van der Waals surface area contributed by atoms with Crippen molar-refractivity contribution in [2.24, 2.45) is 0 Å². The van der Waals surface area contributed by atoms with Crippen LogP contribution in [0.2, 0.25) is 0 Å². The van der Waals surface area contributed by atoms with Crippen LogP contribution in [-0.2, 0) is 10.4 Å². The van der Waals surface area contributed by atoms with E-state index >= 15 is 4.39 Å². The van der Waals surface area contributed by atoms with Crippen molar-refractivity contribution in [3.8, 4) is 5.75 Å². The van der Waals surface area contributed by atoms with Gasteiger partial charge in [-0.15, -0.1) is 0 Å². The summed E-state index contributed by atoms with van der Waals surface area (Å²) in [6.45, 7) is 6.19. The van der Waals surface area contributed by atoms with Gasteiger partial charge in [-0.1, -0.05) is 12.1 Å². The lowest BCUT2D eigenvalue weighted by molar-refractivity contribution is 0.00220. The van der Waals surface area contributed by atoms with Gasteiger partial charge in [0, 0.05) is 25.9 Å². The van der Waals surface area contributed by atoms with Crippen LogP contribution in [0.15, 0.2) is 24.3 Å². The molecule has 1 heterocycles. The summed E-state index contributed by atoms with van der Waals surface area (Å²) in [5, 5.41) is 0. The van der Waals surface area contributed by atoms with Crippen LogP contribution in [0.4, 0.5) is 9.18 Å². The number of halogens is 1. The summed E-state index contributed by atoms with van der Waals surface area (Å²) in [4.78, 5) is 13.6. The number of piperidine rings is 1. The van der Waals surface area contributed by atoms with E-state index in [0.717, 1.165) is 0 Å². The summed E-state index contributed by atoms with van der Waals surface area (Å²) in [5.74, 6) is 0.707. The van der Waals surface area contributed by atoms with Crippen LogP contribution in [0.25, 0.3) is 0 Å². The van der Waals surface area contributed by atoms with Gasteiger partial charge in [0.05, 0.1) is 7.11 Å². The zero-order valence-electron chi connectivity index (χ0n) is 13.7. The lowest BCUT2D eigenvalue weighted by Gasteiger charge is -2.37. The summed E-state index contributed by atoms with van der Waals surface area (Å²) in [7, 11) is 1.58. The first-order chi connectivity index (χ1) is 10.2. The average Bonchev–Trinajstić information content (AvgIpc) is 2.46. The molecule has 0 bridgehead atoms. The molecule has 2 rings (SSSR count). The lowest BCUT2D eigenvalue weighted by atomic mass is 9.86. The standard InChI is InChI=1S/C17H24FNO3/c1-16(2,3)22-15(20)19-11-9-17(18,10-12-19)13-5-7-14(21-4)8-6-13/h5-8H,9-12H2,1-4H3. The molecule has 1 aromatic rings. The molecule has 1 saturated heterocycles. The van der Waals surface area contributed by atoms with E-state index in [2.05, 4.69) is 0 Å². The number of alkyl halides is 1. The van der Waals surface area contributed by atoms with Gasteiger partial charge in [-0.3, -0.25) is 0 Å². The number of carbonyl (C=O) groups excluding carboxylic acids is 1. The minimum absolute atomic E-state index is 0.276. The van der Waals surface area contributed by atoms with E-state index in [0.29, 0.717) is 24.4 Å². The molecule has 0 N–H and O–H groups in total. The van der Waals surface area contributed by atoms with E-state index in [4.69, 9.17) is 9.47 Å². The highest BCUT2D eigenvalue weighted by molar-refractivity contribution is 5.68. The maximum atomic E-state index is 15.1. The molecule has 1 aromatic carbocycles. The molecule has 1 aliphatic heterocycles. The van der Waals surface area contributed by atoms with E-state index in [-0.39, 0.29) is 18.9 Å². The predicted octanol–water partition coefficient (Wildman–Crippen LogP) is 3.89. The second-order valence-electron chi connectivity index (χ2n) is 6.66. The minimum atomic E-state index is -1.40. The average molecular weight is 309 g/mol. The predicted molar refractivity (Wildman–Crippen MR) is 82.8 cm³/mol. The Hall–Kier alpha value is -1.78. The Labute approximate surface area is 131 Å². The number of methoxy groups -OCH3 is 1. The molecular formula is C17H24FNO3. The molecule has 1 amide bonds. The highest BCUT2D eigenvalue weighted by atomic mass is 19.1. The second-order valence-corrected chi connectivity index (χ2v) is 6.66.